The molecule has 0 fully saturated rings. The van der Waals surface area contributed by atoms with Gasteiger partial charge in [0.05, 0.1) is 13.0 Å². The van der Waals surface area contributed by atoms with Gasteiger partial charge in [0.25, 0.3) is 0 Å². The van der Waals surface area contributed by atoms with Gasteiger partial charge in [0, 0.05) is 13.6 Å². The van der Waals surface area contributed by atoms with Gasteiger partial charge in [-0.3, -0.25) is 9.69 Å². The first-order chi connectivity index (χ1) is 13.3. The fourth-order valence-corrected chi connectivity index (χ4v) is 3.13. The summed E-state index contributed by atoms with van der Waals surface area (Å²) in [4.78, 5) is 26.3. The second-order valence-corrected chi connectivity index (χ2v) is 7.04. The number of ether oxygens (including phenoxy) is 1. The first kappa shape index (κ1) is 23.6. The Morgan fingerprint density at radius 3 is 2.46 bits per heavy atom. The molecule has 3 amide bonds. The second-order valence-electron chi connectivity index (χ2n) is 6.42. The molecule has 0 aliphatic heterocycles. The van der Waals surface area contributed by atoms with Crippen LogP contribution in [0.5, 0.6) is 5.75 Å². The van der Waals surface area contributed by atoms with E-state index in [0.717, 1.165) is 32.1 Å². The third-order valence-corrected chi connectivity index (χ3v) is 4.80. The van der Waals surface area contributed by atoms with Crippen molar-refractivity contribution in [1.82, 2.24) is 10.2 Å². The highest BCUT2D eigenvalue weighted by atomic mass is 32.2. The van der Waals surface area contributed by atoms with E-state index in [2.05, 4.69) is 16.6 Å². The molecule has 0 heterocycles. The summed E-state index contributed by atoms with van der Waals surface area (Å²) in [5.74, 6) is -0.714. The van der Waals surface area contributed by atoms with Crippen LogP contribution in [-0.4, -0.2) is 46.0 Å². The van der Waals surface area contributed by atoms with E-state index in [1.54, 1.807) is 19.1 Å². The summed E-state index contributed by atoms with van der Waals surface area (Å²) in [6, 6.07) is 4.25. The summed E-state index contributed by atoms with van der Waals surface area (Å²) >= 11 is 0. The van der Waals surface area contributed by atoms with Crippen molar-refractivity contribution in [2.75, 3.05) is 20.7 Å². The molecule has 1 aromatic carbocycles. The van der Waals surface area contributed by atoms with Gasteiger partial charge < -0.3 is 10.1 Å². The third kappa shape index (κ3) is 6.95. The number of nitrogens with zero attached hydrogens (tertiary/aromatic N) is 2. The zero-order valence-corrected chi connectivity index (χ0v) is 17.7. The first-order valence-electron chi connectivity index (χ1n) is 9.37. The number of methoxy groups -OCH3 is 1. The van der Waals surface area contributed by atoms with E-state index in [9.17, 15) is 18.0 Å². The normalized spacial score (nSPS) is 11.4. The van der Waals surface area contributed by atoms with Gasteiger partial charge in [-0.05, 0) is 31.0 Å². The number of carbonyl (C=O) groups is 2. The number of benzene rings is 1. The molecular weight excluding hydrogens is 382 g/mol. The molecule has 9 heteroatoms. The molecule has 0 aliphatic rings. The van der Waals surface area contributed by atoms with Crippen molar-refractivity contribution in [3.8, 4) is 5.75 Å². The van der Waals surface area contributed by atoms with Gasteiger partial charge >= 0.3 is 16.5 Å². The summed E-state index contributed by atoms with van der Waals surface area (Å²) in [6.07, 6.45) is 5.00. The maximum atomic E-state index is 12.9. The standard InChI is InChI=1S/C19H29N3O5S/c1-5-6-7-8-9-12-22(19(24)20-3)18(23)14(2)15-10-11-17(27-4)16(13-15)21-28(25)26/h10-11,13-14H,5-9,12H2,1-4H3,(H,20,24). The summed E-state index contributed by atoms with van der Waals surface area (Å²) in [6.45, 7) is 4.14. The maximum absolute atomic E-state index is 12.9. The van der Waals surface area contributed by atoms with Crippen molar-refractivity contribution in [2.45, 2.75) is 51.9 Å². The Bertz CT molecular complexity index is 800. The van der Waals surface area contributed by atoms with Gasteiger partial charge in [-0.15, -0.1) is 4.36 Å². The van der Waals surface area contributed by atoms with Gasteiger partial charge in [0.2, 0.25) is 5.91 Å². The molecular formula is C19H29N3O5S. The molecule has 0 aliphatic carbocycles. The van der Waals surface area contributed by atoms with Crippen LogP contribution in [0.1, 0.15) is 57.4 Å². The number of rotatable bonds is 10. The molecule has 0 saturated heterocycles. The van der Waals surface area contributed by atoms with E-state index in [1.165, 1.54) is 25.1 Å². The van der Waals surface area contributed by atoms with Gasteiger partial charge in [-0.25, -0.2) is 4.79 Å². The van der Waals surface area contributed by atoms with E-state index in [4.69, 9.17) is 4.74 Å². The van der Waals surface area contributed by atoms with Crippen LogP contribution in [0.2, 0.25) is 0 Å². The summed E-state index contributed by atoms with van der Waals surface area (Å²) < 4.78 is 30.5. The van der Waals surface area contributed by atoms with E-state index >= 15 is 0 Å². The predicted octanol–water partition coefficient (Wildman–Crippen LogP) is 3.63. The van der Waals surface area contributed by atoms with Gasteiger partial charge in [0.1, 0.15) is 11.4 Å². The molecule has 156 valence electrons. The van der Waals surface area contributed by atoms with E-state index in [0.29, 0.717) is 12.1 Å². The van der Waals surface area contributed by atoms with Crippen molar-refractivity contribution >= 4 is 28.1 Å². The largest absolute Gasteiger partial charge is 0.494 e. The van der Waals surface area contributed by atoms with Crippen LogP contribution in [0.4, 0.5) is 10.5 Å². The molecule has 1 atom stereocenters. The monoisotopic (exact) mass is 411 g/mol. The fourth-order valence-electron chi connectivity index (χ4n) is 2.82. The van der Waals surface area contributed by atoms with Crippen molar-refractivity contribution in [2.24, 2.45) is 4.36 Å². The molecule has 1 N–H and O–H groups in total. The highest BCUT2D eigenvalue weighted by molar-refractivity contribution is 7.61. The zero-order chi connectivity index (χ0) is 21.1. The van der Waals surface area contributed by atoms with Crippen LogP contribution in [0.25, 0.3) is 0 Å². The van der Waals surface area contributed by atoms with E-state index in [1.807, 2.05) is 0 Å². The van der Waals surface area contributed by atoms with Gasteiger partial charge in [-0.2, -0.15) is 8.42 Å². The highest BCUT2D eigenvalue weighted by Gasteiger charge is 2.26. The zero-order valence-electron chi connectivity index (χ0n) is 16.9. The number of urea groups is 1. The Balaban J connectivity index is 3.02. The van der Waals surface area contributed by atoms with Gasteiger partial charge in [0.15, 0.2) is 0 Å². The lowest BCUT2D eigenvalue weighted by atomic mass is 9.98. The Labute approximate surface area is 168 Å². The molecule has 0 spiro atoms. The number of hydrogen-bond donors (Lipinski definition) is 1. The Hall–Kier alpha value is -2.42. The number of amides is 3. The van der Waals surface area contributed by atoms with Crippen LogP contribution in [0.3, 0.4) is 0 Å². The number of carbonyl (C=O) groups excluding carboxylic acids is 2. The van der Waals surface area contributed by atoms with Crippen LogP contribution < -0.4 is 10.1 Å². The van der Waals surface area contributed by atoms with Crippen LogP contribution in [-0.2, 0) is 15.3 Å². The predicted molar refractivity (Wildman–Crippen MR) is 107 cm³/mol. The summed E-state index contributed by atoms with van der Waals surface area (Å²) in [7, 11) is 0.239. The lowest BCUT2D eigenvalue weighted by molar-refractivity contribution is -0.129. The molecule has 28 heavy (non-hydrogen) atoms. The smallest absolute Gasteiger partial charge is 0.323 e. The molecule has 0 saturated carbocycles. The van der Waals surface area contributed by atoms with Crippen molar-refractivity contribution < 1.29 is 22.7 Å². The molecule has 0 aromatic heterocycles. The second kappa shape index (κ2) is 12.1. The molecule has 1 rings (SSSR count). The SMILES string of the molecule is CCCCCCCN(C(=O)NC)C(=O)C(C)c1ccc(OC)c(N=S(=O)=O)c1. The number of unbranched alkanes of at least 4 members (excludes halogenated alkanes) is 4. The topological polar surface area (TPSA) is 105 Å². The van der Waals surface area contributed by atoms with Crippen molar-refractivity contribution in [1.29, 1.82) is 0 Å². The minimum Gasteiger partial charge on any atom is -0.494 e. The molecule has 8 nitrogen and oxygen atoms in total. The number of nitrogens with one attached hydrogen (secondary N) is 1. The van der Waals surface area contributed by atoms with Gasteiger partial charge in [-0.1, -0.05) is 38.7 Å². The summed E-state index contributed by atoms with van der Waals surface area (Å²) in [5, 5.41) is 2.51. The van der Waals surface area contributed by atoms with Crippen LogP contribution >= 0.6 is 0 Å². The fraction of sp³-hybridized carbons (Fsp3) is 0.579. The lowest BCUT2D eigenvalue weighted by Crippen LogP contribution is -2.44. The summed E-state index contributed by atoms with van der Waals surface area (Å²) in [5.41, 5.74) is 0.661. The minimum absolute atomic E-state index is 0.110. The van der Waals surface area contributed by atoms with Crippen LogP contribution in [0.15, 0.2) is 22.6 Å². The average molecular weight is 412 g/mol. The molecule has 1 unspecified atom stereocenters. The quantitative estimate of drug-likeness (QED) is 0.592. The van der Waals surface area contributed by atoms with Crippen molar-refractivity contribution in [3.63, 3.8) is 0 Å². The first-order valence-corrected chi connectivity index (χ1v) is 10.4. The van der Waals surface area contributed by atoms with E-state index < -0.39 is 22.4 Å². The Morgan fingerprint density at radius 1 is 1.21 bits per heavy atom. The number of hydrogen-bond acceptors (Lipinski definition) is 6. The number of imide groups is 1. The minimum atomic E-state index is -2.65. The lowest BCUT2D eigenvalue weighted by Gasteiger charge is -2.24. The average Bonchev–Trinajstić information content (AvgIpc) is 2.68. The van der Waals surface area contributed by atoms with Crippen molar-refractivity contribution in [3.05, 3.63) is 23.8 Å². The third-order valence-electron chi connectivity index (χ3n) is 4.46. The molecule has 0 bridgehead atoms. The van der Waals surface area contributed by atoms with Crippen LogP contribution in [0, 0.1) is 0 Å². The maximum Gasteiger partial charge on any atom is 0.323 e. The van der Waals surface area contributed by atoms with E-state index in [-0.39, 0.29) is 17.3 Å². The highest BCUT2D eigenvalue weighted by Crippen LogP contribution is 2.31. The molecule has 0 radical (unpaired) electrons. The molecule has 1 aromatic rings. The Morgan fingerprint density at radius 2 is 1.89 bits per heavy atom. The Kier molecular flexibility index (Phi) is 10.2.